The van der Waals surface area contributed by atoms with Crippen LogP contribution in [-0.2, 0) is 4.79 Å². The number of carboxylic acids is 1. The van der Waals surface area contributed by atoms with Crippen LogP contribution in [0.2, 0.25) is 0 Å². The first-order chi connectivity index (χ1) is 8.67. The van der Waals surface area contributed by atoms with Gasteiger partial charge in [-0.15, -0.1) is 5.92 Å². The fourth-order valence-electron chi connectivity index (χ4n) is 1.62. The lowest BCUT2D eigenvalue weighted by atomic mass is 9.96. The number of rotatable bonds is 6. The molecular weight excluding hydrogens is 228 g/mol. The van der Waals surface area contributed by atoms with Crippen molar-refractivity contribution in [3.8, 4) is 17.6 Å². The molecule has 0 fully saturated rings. The number of carbonyl (C=O) groups is 1. The van der Waals surface area contributed by atoms with Gasteiger partial charge in [-0.05, 0) is 31.0 Å². The maximum Gasteiger partial charge on any atom is 0.304 e. The molecule has 0 amide bonds. The van der Waals surface area contributed by atoms with Crippen LogP contribution in [0.4, 0.5) is 0 Å². The minimum absolute atomic E-state index is 0.0238. The molecule has 3 nitrogen and oxygen atoms in total. The minimum atomic E-state index is -0.839. The molecule has 0 aliphatic heterocycles. The number of benzene rings is 1. The van der Waals surface area contributed by atoms with Crippen LogP contribution in [0, 0.1) is 11.8 Å². The summed E-state index contributed by atoms with van der Waals surface area (Å²) in [5.41, 5.74) is 0.913. The van der Waals surface area contributed by atoms with Gasteiger partial charge in [0.15, 0.2) is 0 Å². The van der Waals surface area contributed by atoms with Crippen molar-refractivity contribution in [3.05, 3.63) is 29.8 Å². The summed E-state index contributed by atoms with van der Waals surface area (Å²) < 4.78 is 5.48. The zero-order chi connectivity index (χ0) is 13.4. The Hall–Kier alpha value is -1.95. The molecule has 1 aromatic rings. The number of ether oxygens (including phenoxy) is 1. The van der Waals surface area contributed by atoms with Gasteiger partial charge in [-0.1, -0.05) is 25.0 Å². The summed E-state index contributed by atoms with van der Waals surface area (Å²) in [7, 11) is 0. The van der Waals surface area contributed by atoms with E-state index in [9.17, 15) is 4.79 Å². The van der Waals surface area contributed by atoms with Crippen molar-refractivity contribution >= 4 is 5.97 Å². The second kappa shape index (κ2) is 7.39. The Labute approximate surface area is 108 Å². The summed E-state index contributed by atoms with van der Waals surface area (Å²) in [6.07, 6.45) is 0.987. The van der Waals surface area contributed by atoms with Gasteiger partial charge in [-0.25, -0.2) is 0 Å². The third-order valence-corrected chi connectivity index (χ3v) is 2.45. The monoisotopic (exact) mass is 246 g/mol. The van der Waals surface area contributed by atoms with E-state index in [0.717, 1.165) is 17.7 Å². The predicted molar refractivity (Wildman–Crippen MR) is 70.7 cm³/mol. The SMILES string of the molecule is CC#C[C@@H](CC(=O)O)c1ccc(OCCC)cc1. The van der Waals surface area contributed by atoms with Gasteiger partial charge in [0.05, 0.1) is 18.9 Å². The van der Waals surface area contributed by atoms with Crippen molar-refractivity contribution in [2.75, 3.05) is 6.61 Å². The van der Waals surface area contributed by atoms with Crippen LogP contribution in [0.25, 0.3) is 0 Å². The number of carboxylic acid groups (broad SMARTS) is 1. The van der Waals surface area contributed by atoms with Crippen molar-refractivity contribution in [1.82, 2.24) is 0 Å². The van der Waals surface area contributed by atoms with Gasteiger partial charge < -0.3 is 9.84 Å². The van der Waals surface area contributed by atoms with Crippen LogP contribution in [-0.4, -0.2) is 17.7 Å². The van der Waals surface area contributed by atoms with E-state index in [-0.39, 0.29) is 12.3 Å². The van der Waals surface area contributed by atoms with Crippen LogP contribution in [0.15, 0.2) is 24.3 Å². The van der Waals surface area contributed by atoms with Crippen LogP contribution < -0.4 is 4.74 Å². The van der Waals surface area contributed by atoms with Crippen molar-refractivity contribution in [1.29, 1.82) is 0 Å². The molecule has 0 aliphatic carbocycles. The Bertz CT molecular complexity index is 437. The second-order valence-electron chi connectivity index (χ2n) is 3.96. The molecule has 3 heteroatoms. The quantitative estimate of drug-likeness (QED) is 0.785. The largest absolute Gasteiger partial charge is 0.494 e. The van der Waals surface area contributed by atoms with E-state index in [1.54, 1.807) is 6.92 Å². The first kappa shape index (κ1) is 14.1. The molecule has 0 aromatic heterocycles. The number of aliphatic carboxylic acids is 1. The van der Waals surface area contributed by atoms with Crippen LogP contribution >= 0.6 is 0 Å². The molecule has 18 heavy (non-hydrogen) atoms. The number of hydrogen-bond acceptors (Lipinski definition) is 2. The molecule has 0 heterocycles. The zero-order valence-corrected chi connectivity index (χ0v) is 10.8. The Morgan fingerprint density at radius 1 is 1.39 bits per heavy atom. The third kappa shape index (κ3) is 4.50. The van der Waals surface area contributed by atoms with Gasteiger partial charge in [-0.2, -0.15) is 0 Å². The highest BCUT2D eigenvalue weighted by atomic mass is 16.5. The fourth-order valence-corrected chi connectivity index (χ4v) is 1.62. The van der Waals surface area contributed by atoms with Crippen molar-refractivity contribution in [2.45, 2.75) is 32.6 Å². The smallest absolute Gasteiger partial charge is 0.304 e. The molecule has 0 aliphatic rings. The molecule has 0 spiro atoms. The average molecular weight is 246 g/mol. The van der Waals surface area contributed by atoms with E-state index in [1.165, 1.54) is 0 Å². The Morgan fingerprint density at radius 2 is 2.06 bits per heavy atom. The fraction of sp³-hybridized carbons (Fsp3) is 0.400. The third-order valence-electron chi connectivity index (χ3n) is 2.45. The van der Waals surface area contributed by atoms with E-state index in [1.807, 2.05) is 31.2 Å². The van der Waals surface area contributed by atoms with E-state index >= 15 is 0 Å². The predicted octanol–water partition coefficient (Wildman–Crippen LogP) is 3.06. The minimum Gasteiger partial charge on any atom is -0.494 e. The second-order valence-corrected chi connectivity index (χ2v) is 3.96. The summed E-state index contributed by atoms with van der Waals surface area (Å²) in [5.74, 6) is 5.41. The normalized spacial score (nSPS) is 11.2. The highest BCUT2D eigenvalue weighted by Gasteiger charge is 2.12. The Morgan fingerprint density at radius 3 is 2.56 bits per heavy atom. The maximum atomic E-state index is 10.8. The maximum absolute atomic E-state index is 10.8. The number of hydrogen-bond donors (Lipinski definition) is 1. The summed E-state index contributed by atoms with van der Waals surface area (Å²) in [6, 6.07) is 7.47. The van der Waals surface area contributed by atoms with Gasteiger partial charge in [0, 0.05) is 0 Å². The summed E-state index contributed by atoms with van der Waals surface area (Å²) in [5, 5.41) is 8.85. The lowest BCUT2D eigenvalue weighted by Crippen LogP contribution is -2.04. The average Bonchev–Trinajstić information content (AvgIpc) is 2.36. The molecule has 0 saturated carbocycles. The van der Waals surface area contributed by atoms with E-state index in [4.69, 9.17) is 9.84 Å². The topological polar surface area (TPSA) is 46.5 Å². The molecule has 1 aromatic carbocycles. The molecule has 0 saturated heterocycles. The first-order valence-corrected chi connectivity index (χ1v) is 6.04. The lowest BCUT2D eigenvalue weighted by Gasteiger charge is -2.10. The van der Waals surface area contributed by atoms with E-state index < -0.39 is 5.97 Å². The van der Waals surface area contributed by atoms with Crippen LogP contribution in [0.5, 0.6) is 5.75 Å². The molecule has 0 bridgehead atoms. The van der Waals surface area contributed by atoms with Gasteiger partial charge in [-0.3, -0.25) is 4.79 Å². The molecule has 1 rings (SSSR count). The highest BCUT2D eigenvalue weighted by molar-refractivity contribution is 5.69. The van der Waals surface area contributed by atoms with Gasteiger partial charge >= 0.3 is 5.97 Å². The zero-order valence-electron chi connectivity index (χ0n) is 10.8. The molecule has 96 valence electrons. The van der Waals surface area contributed by atoms with E-state index in [0.29, 0.717) is 6.61 Å². The molecular formula is C15H18O3. The van der Waals surface area contributed by atoms with Crippen LogP contribution in [0.3, 0.4) is 0 Å². The van der Waals surface area contributed by atoms with Crippen LogP contribution in [0.1, 0.15) is 38.2 Å². The van der Waals surface area contributed by atoms with Crippen molar-refractivity contribution in [3.63, 3.8) is 0 Å². The Kier molecular flexibility index (Phi) is 5.79. The molecule has 1 atom stereocenters. The van der Waals surface area contributed by atoms with Crippen molar-refractivity contribution in [2.24, 2.45) is 0 Å². The molecule has 1 N–H and O–H groups in total. The molecule has 0 radical (unpaired) electrons. The standard InChI is InChI=1S/C15H18O3/c1-3-5-13(11-15(16)17)12-6-8-14(9-7-12)18-10-4-2/h6-9,13H,4,10-11H2,1-2H3,(H,16,17)/t13-/m0/s1. The van der Waals surface area contributed by atoms with Gasteiger partial charge in [0.25, 0.3) is 0 Å². The summed E-state index contributed by atoms with van der Waals surface area (Å²) in [4.78, 5) is 10.8. The highest BCUT2D eigenvalue weighted by Crippen LogP contribution is 2.22. The van der Waals surface area contributed by atoms with Gasteiger partial charge in [0.2, 0.25) is 0 Å². The summed E-state index contributed by atoms with van der Waals surface area (Å²) >= 11 is 0. The van der Waals surface area contributed by atoms with Gasteiger partial charge in [0.1, 0.15) is 5.75 Å². The molecule has 0 unspecified atom stereocenters. The summed E-state index contributed by atoms with van der Waals surface area (Å²) in [6.45, 7) is 4.45. The van der Waals surface area contributed by atoms with Crippen molar-refractivity contribution < 1.29 is 14.6 Å². The first-order valence-electron chi connectivity index (χ1n) is 6.04. The Balaban J connectivity index is 2.78. The van der Waals surface area contributed by atoms with E-state index in [2.05, 4.69) is 11.8 Å². The lowest BCUT2D eigenvalue weighted by molar-refractivity contribution is -0.137.